The van der Waals surface area contributed by atoms with Gasteiger partial charge in [0.05, 0.1) is 0 Å². The van der Waals surface area contributed by atoms with E-state index in [4.69, 9.17) is 0 Å². The zero-order valence-electron chi connectivity index (χ0n) is 8.02. The molecule has 1 rings (SSSR count). The molecule has 14 heavy (non-hydrogen) atoms. The van der Waals surface area contributed by atoms with Gasteiger partial charge in [0, 0.05) is 0 Å². The fourth-order valence-electron chi connectivity index (χ4n) is 1.37. The average Bonchev–Trinajstić information content (AvgIpc) is 2.02. The third-order valence-electron chi connectivity index (χ3n) is 1.99. The van der Waals surface area contributed by atoms with Crippen molar-refractivity contribution in [3.05, 3.63) is 35.4 Å². The molecule has 0 aliphatic carbocycles. The van der Waals surface area contributed by atoms with Crippen LogP contribution in [-0.4, -0.2) is 13.2 Å². The van der Waals surface area contributed by atoms with Gasteiger partial charge in [0.1, 0.15) is 6.04 Å². The predicted octanol–water partition coefficient (Wildman–Crippen LogP) is 2.82. The Morgan fingerprint density at radius 1 is 1.29 bits per heavy atom. The standard InChI is InChI=1S/C10H12F3N/c1-7-4-3-5-8(6-7)9(14-2)10(11,12)13/h3-6,9,14H,1-2H3. The monoisotopic (exact) mass is 203 g/mol. The highest BCUT2D eigenvalue weighted by Crippen LogP contribution is 2.32. The molecule has 1 nitrogen and oxygen atoms in total. The first kappa shape index (κ1) is 11.0. The highest BCUT2D eigenvalue weighted by Gasteiger charge is 2.39. The second-order valence-electron chi connectivity index (χ2n) is 3.18. The predicted molar refractivity (Wildman–Crippen MR) is 49.0 cm³/mol. The maximum atomic E-state index is 12.5. The van der Waals surface area contributed by atoms with E-state index in [1.807, 2.05) is 0 Å². The minimum Gasteiger partial charge on any atom is -0.306 e. The molecule has 1 N–H and O–H groups in total. The third kappa shape index (κ3) is 2.48. The SMILES string of the molecule is CNC(c1cccc(C)c1)C(F)(F)F. The molecule has 78 valence electrons. The van der Waals surface area contributed by atoms with Crippen LogP contribution in [0.5, 0.6) is 0 Å². The molecule has 1 aromatic carbocycles. The number of rotatable bonds is 2. The number of benzene rings is 1. The second-order valence-corrected chi connectivity index (χ2v) is 3.18. The lowest BCUT2D eigenvalue weighted by Gasteiger charge is -2.20. The lowest BCUT2D eigenvalue weighted by atomic mass is 10.0. The molecule has 0 saturated heterocycles. The van der Waals surface area contributed by atoms with Gasteiger partial charge in [-0.3, -0.25) is 0 Å². The van der Waals surface area contributed by atoms with Crippen LogP contribution in [0.3, 0.4) is 0 Å². The number of hydrogen-bond donors (Lipinski definition) is 1. The molecule has 0 bridgehead atoms. The maximum Gasteiger partial charge on any atom is 0.407 e. The van der Waals surface area contributed by atoms with Gasteiger partial charge in [0.25, 0.3) is 0 Å². The van der Waals surface area contributed by atoms with Crippen molar-refractivity contribution in [2.45, 2.75) is 19.1 Å². The van der Waals surface area contributed by atoms with E-state index in [1.165, 1.54) is 19.2 Å². The number of alkyl halides is 3. The van der Waals surface area contributed by atoms with E-state index in [0.29, 0.717) is 0 Å². The van der Waals surface area contributed by atoms with Gasteiger partial charge < -0.3 is 5.32 Å². The number of hydrogen-bond acceptors (Lipinski definition) is 1. The van der Waals surface area contributed by atoms with Crippen LogP contribution in [0.25, 0.3) is 0 Å². The van der Waals surface area contributed by atoms with Gasteiger partial charge in [-0.25, -0.2) is 0 Å². The van der Waals surface area contributed by atoms with Gasteiger partial charge in [-0.05, 0) is 19.5 Å². The van der Waals surface area contributed by atoms with Crippen molar-refractivity contribution in [2.75, 3.05) is 7.05 Å². The minimum absolute atomic E-state index is 0.250. The quantitative estimate of drug-likeness (QED) is 0.779. The average molecular weight is 203 g/mol. The molecule has 0 aromatic heterocycles. The largest absolute Gasteiger partial charge is 0.407 e. The molecule has 0 heterocycles. The van der Waals surface area contributed by atoms with Crippen LogP contribution in [0.2, 0.25) is 0 Å². The van der Waals surface area contributed by atoms with Gasteiger partial charge in [0.15, 0.2) is 0 Å². The molecule has 0 spiro atoms. The van der Waals surface area contributed by atoms with Gasteiger partial charge in [-0.2, -0.15) is 13.2 Å². The number of halogens is 3. The summed E-state index contributed by atoms with van der Waals surface area (Å²) in [6, 6.07) is 4.83. The summed E-state index contributed by atoms with van der Waals surface area (Å²) in [5.41, 5.74) is 1.08. The van der Waals surface area contributed by atoms with E-state index in [0.717, 1.165) is 5.56 Å². The fraction of sp³-hybridized carbons (Fsp3) is 0.400. The zero-order valence-corrected chi connectivity index (χ0v) is 8.02. The molecular formula is C10H12F3N. The molecule has 1 unspecified atom stereocenters. The summed E-state index contributed by atoms with van der Waals surface area (Å²) in [5, 5.41) is 2.26. The molecule has 0 aliphatic rings. The van der Waals surface area contributed by atoms with Crippen molar-refractivity contribution in [3.8, 4) is 0 Å². The molecule has 0 amide bonds. The van der Waals surface area contributed by atoms with Crippen LogP contribution in [0.1, 0.15) is 17.2 Å². The van der Waals surface area contributed by atoms with Crippen LogP contribution < -0.4 is 5.32 Å². The summed E-state index contributed by atoms with van der Waals surface area (Å²) in [7, 11) is 1.31. The first-order valence-electron chi connectivity index (χ1n) is 4.25. The Hall–Kier alpha value is -1.03. The van der Waals surface area contributed by atoms with Crippen molar-refractivity contribution in [3.63, 3.8) is 0 Å². The topological polar surface area (TPSA) is 12.0 Å². The summed E-state index contributed by atoms with van der Waals surface area (Å²) in [6.45, 7) is 1.77. The Bertz CT molecular complexity index is 306. The van der Waals surface area contributed by atoms with Crippen LogP contribution in [0.15, 0.2) is 24.3 Å². The molecule has 4 heteroatoms. The Morgan fingerprint density at radius 2 is 1.93 bits per heavy atom. The van der Waals surface area contributed by atoms with Crippen molar-refractivity contribution in [1.29, 1.82) is 0 Å². The minimum atomic E-state index is -4.25. The van der Waals surface area contributed by atoms with E-state index in [1.54, 1.807) is 19.1 Å². The van der Waals surface area contributed by atoms with Gasteiger partial charge >= 0.3 is 6.18 Å². The van der Waals surface area contributed by atoms with E-state index >= 15 is 0 Å². The molecule has 1 atom stereocenters. The molecule has 0 aliphatic heterocycles. The summed E-state index contributed by atoms with van der Waals surface area (Å²) in [5.74, 6) is 0. The van der Waals surface area contributed by atoms with Crippen molar-refractivity contribution < 1.29 is 13.2 Å². The molecule has 0 fully saturated rings. The number of nitrogens with one attached hydrogen (secondary N) is 1. The number of aryl methyl sites for hydroxylation is 1. The Kier molecular flexibility index (Phi) is 3.16. The van der Waals surface area contributed by atoms with E-state index in [-0.39, 0.29) is 5.56 Å². The Morgan fingerprint density at radius 3 is 2.36 bits per heavy atom. The Labute approximate surface area is 80.9 Å². The summed E-state index contributed by atoms with van der Waals surface area (Å²) in [4.78, 5) is 0. The fourth-order valence-corrected chi connectivity index (χ4v) is 1.37. The van der Waals surface area contributed by atoms with Crippen molar-refractivity contribution >= 4 is 0 Å². The zero-order chi connectivity index (χ0) is 10.8. The second kappa shape index (κ2) is 4.00. The molecule has 1 aromatic rings. The van der Waals surface area contributed by atoms with E-state index in [9.17, 15) is 13.2 Å². The van der Waals surface area contributed by atoms with E-state index < -0.39 is 12.2 Å². The smallest absolute Gasteiger partial charge is 0.306 e. The van der Waals surface area contributed by atoms with Gasteiger partial charge in [-0.15, -0.1) is 0 Å². The Balaban J connectivity index is 3.01. The van der Waals surface area contributed by atoms with Gasteiger partial charge in [0.2, 0.25) is 0 Å². The van der Waals surface area contributed by atoms with Crippen LogP contribution in [0, 0.1) is 6.92 Å². The first-order valence-corrected chi connectivity index (χ1v) is 4.25. The first-order chi connectivity index (χ1) is 6.45. The lowest BCUT2D eigenvalue weighted by Crippen LogP contribution is -2.31. The molecule has 0 saturated carbocycles. The van der Waals surface area contributed by atoms with E-state index in [2.05, 4.69) is 5.32 Å². The van der Waals surface area contributed by atoms with Crippen molar-refractivity contribution in [2.24, 2.45) is 0 Å². The van der Waals surface area contributed by atoms with Crippen molar-refractivity contribution in [1.82, 2.24) is 5.32 Å². The maximum absolute atomic E-state index is 12.5. The van der Waals surface area contributed by atoms with Gasteiger partial charge in [-0.1, -0.05) is 29.8 Å². The summed E-state index contributed by atoms with van der Waals surface area (Å²) >= 11 is 0. The van der Waals surface area contributed by atoms with Crippen LogP contribution in [-0.2, 0) is 0 Å². The van der Waals surface area contributed by atoms with Crippen LogP contribution in [0.4, 0.5) is 13.2 Å². The highest BCUT2D eigenvalue weighted by atomic mass is 19.4. The molecule has 0 radical (unpaired) electrons. The lowest BCUT2D eigenvalue weighted by molar-refractivity contribution is -0.156. The van der Waals surface area contributed by atoms with Crippen LogP contribution >= 0.6 is 0 Å². The molecular weight excluding hydrogens is 191 g/mol. The normalized spacial score (nSPS) is 14.1. The summed E-state index contributed by atoms with van der Waals surface area (Å²) in [6.07, 6.45) is -4.25. The highest BCUT2D eigenvalue weighted by molar-refractivity contribution is 5.26. The summed E-state index contributed by atoms with van der Waals surface area (Å²) < 4.78 is 37.4. The third-order valence-corrected chi connectivity index (χ3v) is 1.99.